The number of carbonyl (C=O) groups is 2. The number of aromatic nitrogens is 2. The van der Waals surface area contributed by atoms with Crippen molar-refractivity contribution in [3.05, 3.63) is 23.5 Å². The number of urea groups is 1. The second-order valence-corrected chi connectivity index (χ2v) is 7.73. The number of fused-ring (bicyclic) bond motifs is 1. The van der Waals surface area contributed by atoms with Crippen LogP contribution in [0.4, 0.5) is 10.5 Å². The van der Waals surface area contributed by atoms with Gasteiger partial charge in [-0.15, -0.1) is 0 Å². The van der Waals surface area contributed by atoms with Crippen LogP contribution >= 0.6 is 0 Å². The Balaban J connectivity index is 1.52. The Kier molecular flexibility index (Phi) is 6.18. The molecule has 1 aromatic carbocycles. The highest BCUT2D eigenvalue weighted by Gasteiger charge is 2.30. The van der Waals surface area contributed by atoms with Crippen LogP contribution in [0.3, 0.4) is 0 Å². The number of carbonyl (C=O) groups excluding carboxylic acids is 2. The molecule has 1 saturated heterocycles. The van der Waals surface area contributed by atoms with Crippen molar-refractivity contribution in [3.63, 3.8) is 0 Å². The van der Waals surface area contributed by atoms with Crippen molar-refractivity contribution < 1.29 is 9.59 Å². The minimum atomic E-state index is -0.231. The molecule has 1 aliphatic rings. The van der Waals surface area contributed by atoms with Crippen molar-refractivity contribution in [2.24, 2.45) is 0 Å². The molecule has 1 aromatic heterocycles. The van der Waals surface area contributed by atoms with Crippen LogP contribution in [0.5, 0.6) is 0 Å². The third kappa shape index (κ3) is 4.44. The van der Waals surface area contributed by atoms with Crippen LogP contribution in [0, 0.1) is 13.8 Å². The van der Waals surface area contributed by atoms with Gasteiger partial charge in [0, 0.05) is 37.8 Å². The average Bonchev–Trinajstić information content (AvgIpc) is 3.24. The second-order valence-electron chi connectivity index (χ2n) is 7.73. The van der Waals surface area contributed by atoms with Crippen LogP contribution in [0.15, 0.2) is 12.4 Å². The van der Waals surface area contributed by atoms with E-state index in [-0.39, 0.29) is 18.0 Å². The summed E-state index contributed by atoms with van der Waals surface area (Å²) in [6.45, 7) is 6.11. The number of hydrogen-bond donors (Lipinski definition) is 3. The van der Waals surface area contributed by atoms with E-state index in [0.29, 0.717) is 13.0 Å². The Morgan fingerprint density at radius 1 is 1.36 bits per heavy atom. The first kappa shape index (κ1) is 20.1. The van der Waals surface area contributed by atoms with E-state index in [1.807, 2.05) is 38.9 Å². The minimum Gasteiger partial charge on any atom is -0.345 e. The number of likely N-dealkylation sites (tertiary alicyclic amines) is 1. The fourth-order valence-corrected chi connectivity index (χ4v) is 3.70. The first-order valence-electron chi connectivity index (χ1n) is 9.79. The lowest BCUT2D eigenvalue weighted by molar-refractivity contribution is -0.129. The van der Waals surface area contributed by atoms with Crippen LogP contribution in [-0.2, 0) is 4.79 Å². The molecule has 2 heterocycles. The molecule has 1 aliphatic heterocycles. The zero-order chi connectivity index (χ0) is 20.3. The van der Waals surface area contributed by atoms with Gasteiger partial charge < -0.3 is 25.4 Å². The smallest absolute Gasteiger partial charge is 0.319 e. The highest BCUT2D eigenvalue weighted by atomic mass is 16.2. The molecular formula is C20H30N6O2. The number of aryl methyl sites for hydroxylation is 1. The van der Waals surface area contributed by atoms with Gasteiger partial charge >= 0.3 is 6.03 Å². The van der Waals surface area contributed by atoms with Gasteiger partial charge in [0.25, 0.3) is 0 Å². The molecule has 152 valence electrons. The maximum atomic E-state index is 12.3. The van der Waals surface area contributed by atoms with Crippen LogP contribution in [0.2, 0.25) is 0 Å². The van der Waals surface area contributed by atoms with E-state index in [2.05, 4.69) is 25.5 Å². The van der Waals surface area contributed by atoms with Crippen molar-refractivity contribution in [3.8, 4) is 0 Å². The highest BCUT2D eigenvalue weighted by molar-refractivity contribution is 5.94. The maximum Gasteiger partial charge on any atom is 0.319 e. The Morgan fingerprint density at radius 3 is 2.89 bits per heavy atom. The topological polar surface area (TPSA) is 93.4 Å². The summed E-state index contributed by atoms with van der Waals surface area (Å²) < 4.78 is 0. The van der Waals surface area contributed by atoms with Crippen LogP contribution < -0.4 is 10.6 Å². The number of H-pyrrole nitrogens is 1. The molecule has 3 rings (SSSR count). The zero-order valence-corrected chi connectivity index (χ0v) is 17.1. The summed E-state index contributed by atoms with van der Waals surface area (Å²) in [4.78, 5) is 35.9. The fraction of sp³-hybridized carbons (Fsp3) is 0.550. The molecular weight excluding hydrogens is 356 g/mol. The van der Waals surface area contributed by atoms with Gasteiger partial charge in [-0.25, -0.2) is 9.78 Å². The van der Waals surface area contributed by atoms with Gasteiger partial charge in [-0.1, -0.05) is 0 Å². The largest absolute Gasteiger partial charge is 0.345 e. The number of hydrogen-bond acceptors (Lipinski definition) is 4. The molecule has 0 aliphatic carbocycles. The Morgan fingerprint density at radius 2 is 2.14 bits per heavy atom. The molecule has 8 nitrogen and oxygen atoms in total. The average molecular weight is 387 g/mol. The van der Waals surface area contributed by atoms with Crippen LogP contribution in [0.1, 0.15) is 30.4 Å². The second kappa shape index (κ2) is 8.60. The van der Waals surface area contributed by atoms with Crippen molar-refractivity contribution in [1.82, 2.24) is 25.1 Å². The standard InChI is InChI=1S/C20H30N6O2/c1-13-14(2)19-17(22-12-23-19)11-16(13)24-20(28)21-8-7-15-5-6-18(27)26(15)10-9-25(3)4/h11-12,15H,5-10H2,1-4H3,(H,22,23)(H2,21,24,28)/t15-/m1/s1. The Labute approximate surface area is 165 Å². The highest BCUT2D eigenvalue weighted by Crippen LogP contribution is 2.26. The van der Waals surface area contributed by atoms with Gasteiger partial charge in [0.15, 0.2) is 0 Å². The number of aromatic amines is 1. The SMILES string of the molecule is Cc1c(NC(=O)NCC[C@H]2CCC(=O)N2CCN(C)C)cc2[nH]cnc2c1C. The molecule has 0 unspecified atom stereocenters. The fourth-order valence-electron chi connectivity index (χ4n) is 3.70. The number of likely N-dealkylation sites (N-methyl/N-ethyl adjacent to an activating group) is 1. The first-order valence-corrected chi connectivity index (χ1v) is 9.79. The summed E-state index contributed by atoms with van der Waals surface area (Å²) in [5.41, 5.74) is 4.66. The van der Waals surface area contributed by atoms with E-state index >= 15 is 0 Å². The molecule has 1 fully saturated rings. The number of imidazole rings is 1. The predicted octanol–water partition coefficient (Wildman–Crippen LogP) is 2.24. The quantitative estimate of drug-likeness (QED) is 0.680. The third-order valence-corrected chi connectivity index (χ3v) is 5.53. The molecule has 28 heavy (non-hydrogen) atoms. The van der Waals surface area contributed by atoms with Gasteiger partial charge in [0.2, 0.25) is 5.91 Å². The molecule has 3 amide bonds. The summed E-state index contributed by atoms with van der Waals surface area (Å²) in [6.07, 6.45) is 3.90. The summed E-state index contributed by atoms with van der Waals surface area (Å²) >= 11 is 0. The van der Waals surface area contributed by atoms with Crippen molar-refractivity contribution >= 4 is 28.7 Å². The molecule has 2 aromatic rings. The Bertz CT molecular complexity index is 860. The van der Waals surface area contributed by atoms with Gasteiger partial charge in [-0.3, -0.25) is 4.79 Å². The lowest BCUT2D eigenvalue weighted by atomic mass is 10.1. The van der Waals surface area contributed by atoms with E-state index in [4.69, 9.17) is 0 Å². The van der Waals surface area contributed by atoms with E-state index in [1.54, 1.807) is 6.33 Å². The minimum absolute atomic E-state index is 0.207. The molecule has 0 spiro atoms. The molecule has 8 heteroatoms. The van der Waals surface area contributed by atoms with Crippen LogP contribution in [0.25, 0.3) is 11.0 Å². The van der Waals surface area contributed by atoms with Gasteiger partial charge in [-0.2, -0.15) is 0 Å². The predicted molar refractivity (Wildman–Crippen MR) is 110 cm³/mol. The van der Waals surface area contributed by atoms with Gasteiger partial charge in [0.05, 0.1) is 17.4 Å². The summed E-state index contributed by atoms with van der Waals surface area (Å²) in [6, 6.07) is 1.88. The van der Waals surface area contributed by atoms with Gasteiger partial charge in [0.1, 0.15) is 0 Å². The summed E-state index contributed by atoms with van der Waals surface area (Å²) in [5, 5.41) is 5.86. The first-order chi connectivity index (χ1) is 13.4. The van der Waals surface area contributed by atoms with Crippen molar-refractivity contribution in [2.45, 2.75) is 39.2 Å². The Hall–Kier alpha value is -2.61. The zero-order valence-electron chi connectivity index (χ0n) is 17.1. The van der Waals surface area contributed by atoms with Crippen LogP contribution in [-0.4, -0.2) is 71.5 Å². The number of nitrogens with one attached hydrogen (secondary N) is 3. The normalized spacial score (nSPS) is 17.0. The molecule has 0 bridgehead atoms. The number of rotatable bonds is 7. The number of benzene rings is 1. The monoisotopic (exact) mass is 386 g/mol. The number of anilines is 1. The van der Waals surface area contributed by atoms with Crippen molar-refractivity contribution in [1.29, 1.82) is 0 Å². The maximum absolute atomic E-state index is 12.3. The van der Waals surface area contributed by atoms with E-state index in [1.165, 1.54) is 0 Å². The summed E-state index contributed by atoms with van der Waals surface area (Å²) in [5.74, 6) is 0.218. The summed E-state index contributed by atoms with van der Waals surface area (Å²) in [7, 11) is 4.01. The van der Waals surface area contributed by atoms with Gasteiger partial charge in [-0.05, 0) is 58.0 Å². The van der Waals surface area contributed by atoms with E-state index in [0.717, 1.165) is 53.8 Å². The van der Waals surface area contributed by atoms with E-state index in [9.17, 15) is 9.59 Å². The van der Waals surface area contributed by atoms with Crippen molar-refractivity contribution in [2.75, 3.05) is 39.0 Å². The molecule has 1 atom stereocenters. The molecule has 0 radical (unpaired) electrons. The lowest BCUT2D eigenvalue weighted by Crippen LogP contribution is -2.40. The number of amides is 3. The van der Waals surface area contributed by atoms with E-state index < -0.39 is 0 Å². The molecule has 0 saturated carbocycles. The third-order valence-electron chi connectivity index (χ3n) is 5.53. The number of nitrogens with zero attached hydrogens (tertiary/aromatic N) is 3. The molecule has 3 N–H and O–H groups in total. The lowest BCUT2D eigenvalue weighted by Gasteiger charge is -2.26.